The lowest BCUT2D eigenvalue weighted by molar-refractivity contribution is -0.169. The third-order valence-corrected chi connectivity index (χ3v) is 12.3. The summed E-state index contributed by atoms with van der Waals surface area (Å²) in [5, 5.41) is 0. The summed E-state index contributed by atoms with van der Waals surface area (Å²) < 4.78 is 10.8. The summed E-state index contributed by atoms with van der Waals surface area (Å²) in [6, 6.07) is 0. The second kappa shape index (κ2) is 9.87. The van der Waals surface area contributed by atoms with Crippen molar-refractivity contribution in [2.75, 3.05) is 7.11 Å². The van der Waals surface area contributed by atoms with Gasteiger partial charge in [0.2, 0.25) is 0 Å². The lowest BCUT2D eigenvalue weighted by Gasteiger charge is -2.68. The second-order valence-corrected chi connectivity index (χ2v) is 15.1. The van der Waals surface area contributed by atoms with Gasteiger partial charge < -0.3 is 9.47 Å². The molecule has 4 rings (SSSR count). The van der Waals surface area contributed by atoms with E-state index >= 15 is 0 Å². The molecule has 4 aliphatic rings. The molecule has 5 heteroatoms. The quantitative estimate of drug-likeness (QED) is 0.256. The van der Waals surface area contributed by atoms with Crippen LogP contribution in [0.4, 0.5) is 0 Å². The Hall–Kier alpha value is -1.91. The Morgan fingerprint density at radius 1 is 1.05 bits per heavy atom. The Labute approximate surface area is 236 Å². The zero-order chi connectivity index (χ0) is 29.2. The Morgan fingerprint density at radius 2 is 1.69 bits per heavy atom. The minimum Gasteiger partial charge on any atom is -0.469 e. The normalized spacial score (nSPS) is 43.5. The number of ether oxygens (including phenoxy) is 2. The summed E-state index contributed by atoms with van der Waals surface area (Å²) in [6.07, 6.45) is 9.38. The van der Waals surface area contributed by atoms with Gasteiger partial charge in [0.05, 0.1) is 18.6 Å². The standard InChI is InChI=1S/C34H52O5/c1-21(2)23-11-14-34(9)28(32(23,7)13-12-27(36)39-22(3)4)26(35)19-24-25-20-31(6,29(37)38-10)16-15-30(25,5)17-18-33(24,34)8/h19,22-23,25,28H,1,11-18,20H2,2-10H3/t23-,25-,28+,30+,31-,32-,33+,34+/m0/s1. The maximum Gasteiger partial charge on any atom is 0.311 e. The molecule has 0 amide bonds. The van der Waals surface area contributed by atoms with E-state index < -0.39 is 5.41 Å². The first-order chi connectivity index (χ1) is 18.0. The summed E-state index contributed by atoms with van der Waals surface area (Å²) in [5.74, 6) is 0.0400. The summed E-state index contributed by atoms with van der Waals surface area (Å²) in [6.45, 7) is 21.6. The van der Waals surface area contributed by atoms with Crippen LogP contribution in [0.2, 0.25) is 0 Å². The van der Waals surface area contributed by atoms with E-state index in [4.69, 9.17) is 9.47 Å². The van der Waals surface area contributed by atoms with Gasteiger partial charge in [0.25, 0.3) is 0 Å². The van der Waals surface area contributed by atoms with E-state index in [1.54, 1.807) is 0 Å². The number of carbonyl (C=O) groups is 3. The van der Waals surface area contributed by atoms with E-state index in [0.717, 1.165) is 50.5 Å². The van der Waals surface area contributed by atoms with Crippen molar-refractivity contribution < 1.29 is 23.9 Å². The van der Waals surface area contributed by atoms with Gasteiger partial charge in [-0.3, -0.25) is 14.4 Å². The molecule has 0 aliphatic heterocycles. The van der Waals surface area contributed by atoms with E-state index in [1.165, 1.54) is 12.7 Å². The number of rotatable bonds is 6. The number of methoxy groups -OCH3 is 1. The summed E-state index contributed by atoms with van der Waals surface area (Å²) in [4.78, 5) is 40.0. The number of esters is 2. The molecule has 0 radical (unpaired) electrons. The fourth-order valence-corrected chi connectivity index (χ4v) is 9.83. The maximum atomic E-state index is 14.5. The molecule has 218 valence electrons. The molecule has 0 bridgehead atoms. The SMILES string of the molecule is C=C(C)[C@@H]1CC[C@]2(C)[C@H](C(=O)C=C3[C@@H]4C[C@@](C)(C(=O)OC)CC[C@]4(C)CC[C@]32C)[C@@]1(C)CCC(=O)OC(C)C. The van der Waals surface area contributed by atoms with Crippen LogP contribution in [0.15, 0.2) is 23.8 Å². The smallest absolute Gasteiger partial charge is 0.311 e. The molecule has 0 saturated heterocycles. The third kappa shape index (κ3) is 4.54. The van der Waals surface area contributed by atoms with Gasteiger partial charge >= 0.3 is 11.9 Å². The monoisotopic (exact) mass is 540 g/mol. The van der Waals surface area contributed by atoms with E-state index in [-0.39, 0.29) is 63.2 Å². The first-order valence-electron chi connectivity index (χ1n) is 15.2. The molecule has 8 atom stereocenters. The molecular weight excluding hydrogens is 488 g/mol. The Bertz CT molecular complexity index is 1090. The Morgan fingerprint density at radius 3 is 2.28 bits per heavy atom. The van der Waals surface area contributed by atoms with Crippen molar-refractivity contribution in [2.24, 2.45) is 44.8 Å². The highest BCUT2D eigenvalue weighted by Gasteiger charge is 2.68. The van der Waals surface area contributed by atoms with Crippen LogP contribution >= 0.6 is 0 Å². The zero-order valence-corrected chi connectivity index (χ0v) is 26.0. The minimum absolute atomic E-state index is 0.0845. The van der Waals surface area contributed by atoms with E-state index in [9.17, 15) is 14.4 Å². The van der Waals surface area contributed by atoms with Crippen molar-refractivity contribution in [1.29, 1.82) is 0 Å². The molecular formula is C34H52O5. The number of ketones is 1. The molecule has 3 saturated carbocycles. The molecule has 0 aromatic carbocycles. The van der Waals surface area contributed by atoms with Crippen molar-refractivity contribution in [2.45, 2.75) is 119 Å². The van der Waals surface area contributed by atoms with Crippen LogP contribution in [-0.4, -0.2) is 30.9 Å². The van der Waals surface area contributed by atoms with Crippen LogP contribution in [0, 0.1) is 44.8 Å². The molecule has 0 heterocycles. The minimum atomic E-state index is -0.526. The molecule has 0 N–H and O–H groups in total. The zero-order valence-electron chi connectivity index (χ0n) is 26.0. The number of allylic oxidation sites excluding steroid dienone is 3. The van der Waals surface area contributed by atoms with Crippen molar-refractivity contribution >= 4 is 17.7 Å². The average Bonchev–Trinajstić information content (AvgIpc) is 2.84. The molecule has 3 fully saturated rings. The van der Waals surface area contributed by atoms with E-state index in [2.05, 4.69) is 41.2 Å². The summed E-state index contributed by atoms with van der Waals surface area (Å²) >= 11 is 0. The number of hydrogen-bond acceptors (Lipinski definition) is 5. The van der Waals surface area contributed by atoms with Crippen LogP contribution in [0.3, 0.4) is 0 Å². The first kappa shape index (κ1) is 30.1. The predicted molar refractivity (Wildman–Crippen MR) is 154 cm³/mol. The largest absolute Gasteiger partial charge is 0.469 e. The molecule has 4 aliphatic carbocycles. The molecule has 0 aromatic heterocycles. The summed E-state index contributed by atoms with van der Waals surface area (Å²) in [7, 11) is 1.49. The highest BCUT2D eigenvalue weighted by Crippen LogP contribution is 2.73. The topological polar surface area (TPSA) is 69.7 Å². The fraction of sp³-hybridized carbons (Fsp3) is 0.794. The Kier molecular flexibility index (Phi) is 7.61. The van der Waals surface area contributed by atoms with E-state index in [1.807, 2.05) is 26.8 Å². The molecule has 0 unspecified atom stereocenters. The number of carbonyl (C=O) groups excluding carboxylic acids is 3. The number of hydrogen-bond donors (Lipinski definition) is 0. The Balaban J connectivity index is 1.79. The van der Waals surface area contributed by atoms with Crippen LogP contribution in [0.1, 0.15) is 113 Å². The van der Waals surface area contributed by atoms with Crippen molar-refractivity contribution in [3.05, 3.63) is 23.8 Å². The van der Waals surface area contributed by atoms with Gasteiger partial charge in [0.1, 0.15) is 0 Å². The highest BCUT2D eigenvalue weighted by molar-refractivity contribution is 5.96. The van der Waals surface area contributed by atoms with Crippen molar-refractivity contribution in [1.82, 2.24) is 0 Å². The van der Waals surface area contributed by atoms with Gasteiger partial charge in [-0.15, -0.1) is 0 Å². The predicted octanol–water partition coefficient (Wildman–Crippen LogP) is 7.63. The average molecular weight is 541 g/mol. The molecule has 5 nitrogen and oxygen atoms in total. The van der Waals surface area contributed by atoms with Gasteiger partial charge in [-0.25, -0.2) is 0 Å². The van der Waals surface area contributed by atoms with Gasteiger partial charge in [-0.2, -0.15) is 0 Å². The molecule has 0 spiro atoms. The van der Waals surface area contributed by atoms with Gasteiger partial charge in [-0.05, 0) is 119 Å². The third-order valence-electron chi connectivity index (χ3n) is 12.3. The van der Waals surface area contributed by atoms with Crippen molar-refractivity contribution in [3.63, 3.8) is 0 Å². The maximum absolute atomic E-state index is 14.5. The van der Waals surface area contributed by atoms with E-state index in [0.29, 0.717) is 12.8 Å². The van der Waals surface area contributed by atoms with Crippen LogP contribution in [0.5, 0.6) is 0 Å². The molecule has 0 aromatic rings. The van der Waals surface area contributed by atoms with Crippen LogP contribution in [0.25, 0.3) is 0 Å². The highest BCUT2D eigenvalue weighted by atomic mass is 16.5. The number of fused-ring (bicyclic) bond motifs is 5. The van der Waals surface area contributed by atoms with Crippen LogP contribution < -0.4 is 0 Å². The summed E-state index contributed by atoms with van der Waals surface area (Å²) in [5.41, 5.74) is 1.15. The first-order valence-corrected chi connectivity index (χ1v) is 15.2. The van der Waals surface area contributed by atoms with Gasteiger partial charge in [0, 0.05) is 12.3 Å². The van der Waals surface area contributed by atoms with Gasteiger partial charge in [-0.1, -0.05) is 45.4 Å². The fourth-order valence-electron chi connectivity index (χ4n) is 9.83. The van der Waals surface area contributed by atoms with Gasteiger partial charge in [0.15, 0.2) is 5.78 Å². The molecule has 39 heavy (non-hydrogen) atoms. The lowest BCUT2D eigenvalue weighted by atomic mass is 9.35. The lowest BCUT2D eigenvalue weighted by Crippen LogP contribution is -2.63. The van der Waals surface area contributed by atoms with Crippen LogP contribution in [-0.2, 0) is 23.9 Å². The second-order valence-electron chi connectivity index (χ2n) is 15.1. The van der Waals surface area contributed by atoms with Crippen molar-refractivity contribution in [3.8, 4) is 0 Å².